The van der Waals surface area contributed by atoms with Crippen LogP contribution in [0.25, 0.3) is 21.9 Å². The number of methoxy groups -OCH3 is 1. The maximum Gasteiger partial charge on any atom is 0.294 e. The number of aliphatic hydroxyl groups excluding tert-OH is 1. The number of Topliss-reactive ketones (excluding diaryl/α,β-unsaturated/α-hetero) is 1. The fourth-order valence-electron chi connectivity index (χ4n) is 5.05. The summed E-state index contributed by atoms with van der Waals surface area (Å²) in [7, 11) is 1.54. The number of hydrogen-bond donors (Lipinski definition) is 2. The van der Waals surface area contributed by atoms with Crippen LogP contribution in [0.3, 0.4) is 0 Å². The highest BCUT2D eigenvalue weighted by molar-refractivity contribution is 9.10. The number of rotatable bonds is 5. The number of aryl methyl sites for hydroxylation is 1. The number of aromatic amines is 1. The molecule has 0 saturated heterocycles. The molecule has 1 atom stereocenters. The number of carbonyl (C=O) groups is 2. The number of para-hydroxylation sites is 1. The standard InChI is InChI=1S/C29H21BrN2O5/c1-15-24(20-8-3-4-9-21(20)31-15)26-25(27(33)23-13-16-12-17(30)10-11-22(16)37-23)28(34)29(35)32(26)18-6-5-7-19(14-18)36-2/h3-14,26,31,34H,1-2H3. The van der Waals surface area contributed by atoms with E-state index in [-0.39, 0.29) is 11.3 Å². The Bertz CT molecular complexity index is 1760. The zero-order chi connectivity index (χ0) is 25.8. The van der Waals surface area contributed by atoms with E-state index in [1.807, 2.05) is 43.3 Å². The number of aliphatic hydroxyl groups is 1. The summed E-state index contributed by atoms with van der Waals surface area (Å²) in [5.74, 6) is -1.26. The minimum atomic E-state index is -0.900. The van der Waals surface area contributed by atoms with Gasteiger partial charge in [0.2, 0.25) is 5.78 Å². The lowest BCUT2D eigenvalue weighted by molar-refractivity contribution is -0.117. The largest absolute Gasteiger partial charge is 0.503 e. The van der Waals surface area contributed by atoms with Gasteiger partial charge in [-0.3, -0.25) is 14.5 Å². The normalized spacial score (nSPS) is 15.8. The van der Waals surface area contributed by atoms with Crippen LogP contribution in [-0.2, 0) is 4.79 Å². The van der Waals surface area contributed by atoms with Gasteiger partial charge in [-0.2, -0.15) is 0 Å². The van der Waals surface area contributed by atoms with Gasteiger partial charge in [0.25, 0.3) is 5.91 Å². The average molecular weight is 557 g/mol. The van der Waals surface area contributed by atoms with Gasteiger partial charge in [0.15, 0.2) is 11.5 Å². The average Bonchev–Trinajstić information content (AvgIpc) is 3.54. The number of halogens is 1. The maximum absolute atomic E-state index is 14.0. The number of carbonyl (C=O) groups excluding carboxylic acids is 2. The number of amides is 1. The number of ketones is 1. The van der Waals surface area contributed by atoms with Crippen LogP contribution in [-0.4, -0.2) is 28.9 Å². The van der Waals surface area contributed by atoms with E-state index in [2.05, 4.69) is 20.9 Å². The van der Waals surface area contributed by atoms with Gasteiger partial charge in [0.1, 0.15) is 11.3 Å². The number of aromatic nitrogens is 1. The van der Waals surface area contributed by atoms with Crippen LogP contribution in [0, 0.1) is 6.92 Å². The third kappa shape index (κ3) is 3.64. The zero-order valence-corrected chi connectivity index (χ0v) is 21.5. The Morgan fingerprint density at radius 1 is 1.08 bits per heavy atom. The predicted molar refractivity (Wildman–Crippen MR) is 144 cm³/mol. The van der Waals surface area contributed by atoms with Crippen molar-refractivity contribution in [3.63, 3.8) is 0 Å². The molecule has 1 aliphatic heterocycles. The second kappa shape index (κ2) is 8.67. The maximum atomic E-state index is 14.0. The molecule has 0 aliphatic carbocycles. The highest BCUT2D eigenvalue weighted by atomic mass is 79.9. The van der Waals surface area contributed by atoms with Crippen molar-refractivity contribution >= 4 is 55.2 Å². The van der Waals surface area contributed by atoms with Crippen LogP contribution in [0.1, 0.15) is 27.9 Å². The van der Waals surface area contributed by atoms with Gasteiger partial charge in [-0.1, -0.05) is 40.2 Å². The molecule has 1 amide bonds. The van der Waals surface area contributed by atoms with Gasteiger partial charge in [-0.15, -0.1) is 0 Å². The van der Waals surface area contributed by atoms with Crippen molar-refractivity contribution in [3.05, 3.63) is 106 Å². The summed E-state index contributed by atoms with van der Waals surface area (Å²) in [6, 6.07) is 20.8. The second-order valence-electron chi connectivity index (χ2n) is 8.87. The summed E-state index contributed by atoms with van der Waals surface area (Å²) < 4.78 is 12.1. The molecule has 6 rings (SSSR count). The Kier molecular flexibility index (Phi) is 5.42. The molecule has 2 N–H and O–H groups in total. The molecule has 0 radical (unpaired) electrons. The Morgan fingerprint density at radius 2 is 1.89 bits per heavy atom. The van der Waals surface area contributed by atoms with Gasteiger partial charge in [0.05, 0.1) is 18.7 Å². The van der Waals surface area contributed by atoms with Crippen LogP contribution >= 0.6 is 15.9 Å². The van der Waals surface area contributed by atoms with Crippen molar-refractivity contribution in [1.29, 1.82) is 0 Å². The molecule has 0 spiro atoms. The van der Waals surface area contributed by atoms with Gasteiger partial charge >= 0.3 is 0 Å². The molecule has 3 aromatic carbocycles. The molecule has 184 valence electrons. The van der Waals surface area contributed by atoms with Gasteiger partial charge < -0.3 is 19.2 Å². The molecule has 37 heavy (non-hydrogen) atoms. The number of furan rings is 1. The SMILES string of the molecule is COc1cccc(N2C(=O)C(O)=C(C(=O)c3cc4cc(Br)ccc4o3)C2c2c(C)[nH]c3ccccc23)c1. The summed E-state index contributed by atoms with van der Waals surface area (Å²) in [5, 5.41) is 12.8. The summed E-state index contributed by atoms with van der Waals surface area (Å²) in [6.07, 6.45) is 0. The predicted octanol–water partition coefficient (Wildman–Crippen LogP) is 6.78. The van der Waals surface area contributed by atoms with Crippen molar-refractivity contribution in [3.8, 4) is 5.75 Å². The van der Waals surface area contributed by atoms with Crippen molar-refractivity contribution in [1.82, 2.24) is 4.98 Å². The summed E-state index contributed by atoms with van der Waals surface area (Å²) in [4.78, 5) is 32.4. The van der Waals surface area contributed by atoms with E-state index in [1.165, 1.54) is 12.0 Å². The lowest BCUT2D eigenvalue weighted by Gasteiger charge is -2.27. The quantitative estimate of drug-likeness (QED) is 0.233. The smallest absolute Gasteiger partial charge is 0.294 e. The van der Waals surface area contributed by atoms with E-state index in [0.29, 0.717) is 17.0 Å². The van der Waals surface area contributed by atoms with E-state index < -0.39 is 23.5 Å². The molecule has 2 aromatic heterocycles. The minimum absolute atomic E-state index is 0.0393. The molecule has 1 unspecified atom stereocenters. The highest BCUT2D eigenvalue weighted by Gasteiger charge is 2.47. The number of nitrogens with one attached hydrogen (secondary N) is 1. The number of nitrogens with zero attached hydrogens (tertiary/aromatic N) is 1. The lowest BCUT2D eigenvalue weighted by atomic mass is 9.92. The topological polar surface area (TPSA) is 95.8 Å². The molecule has 0 bridgehead atoms. The molecule has 7 nitrogen and oxygen atoms in total. The van der Waals surface area contributed by atoms with E-state index in [9.17, 15) is 14.7 Å². The molecule has 8 heteroatoms. The third-order valence-corrected chi connectivity index (χ3v) is 7.20. The van der Waals surface area contributed by atoms with E-state index in [1.54, 1.807) is 36.4 Å². The van der Waals surface area contributed by atoms with E-state index >= 15 is 0 Å². The van der Waals surface area contributed by atoms with E-state index in [0.717, 1.165) is 32.0 Å². The number of ether oxygens (including phenoxy) is 1. The molecule has 0 fully saturated rings. The Balaban J connectivity index is 1.57. The van der Waals surface area contributed by atoms with E-state index in [4.69, 9.17) is 9.15 Å². The number of hydrogen-bond acceptors (Lipinski definition) is 5. The zero-order valence-electron chi connectivity index (χ0n) is 19.9. The molecular formula is C29H21BrN2O5. The van der Waals surface area contributed by atoms with Crippen LogP contribution in [0.15, 0.2) is 93.0 Å². The first-order valence-electron chi connectivity index (χ1n) is 11.6. The lowest BCUT2D eigenvalue weighted by Crippen LogP contribution is -2.31. The van der Waals surface area contributed by atoms with Crippen LogP contribution < -0.4 is 9.64 Å². The Labute approximate surface area is 220 Å². The van der Waals surface area contributed by atoms with Crippen LogP contribution in [0.4, 0.5) is 5.69 Å². The highest BCUT2D eigenvalue weighted by Crippen LogP contribution is 2.46. The molecule has 1 aliphatic rings. The fraction of sp³-hybridized carbons (Fsp3) is 0.103. The van der Waals surface area contributed by atoms with Crippen molar-refractivity contribution in [2.24, 2.45) is 0 Å². The minimum Gasteiger partial charge on any atom is -0.503 e. The molecule has 3 heterocycles. The summed E-state index contributed by atoms with van der Waals surface area (Å²) in [6.45, 7) is 1.89. The summed E-state index contributed by atoms with van der Waals surface area (Å²) >= 11 is 3.43. The number of benzene rings is 3. The first-order chi connectivity index (χ1) is 17.9. The number of fused-ring (bicyclic) bond motifs is 2. The monoisotopic (exact) mass is 556 g/mol. The molecule has 0 saturated carbocycles. The van der Waals surface area contributed by atoms with Gasteiger partial charge in [-0.25, -0.2) is 0 Å². The fourth-order valence-corrected chi connectivity index (χ4v) is 5.43. The van der Waals surface area contributed by atoms with Gasteiger partial charge in [0, 0.05) is 43.8 Å². The second-order valence-corrected chi connectivity index (χ2v) is 9.79. The first kappa shape index (κ1) is 23.1. The number of anilines is 1. The van der Waals surface area contributed by atoms with Crippen molar-refractivity contribution in [2.45, 2.75) is 13.0 Å². The molecular weight excluding hydrogens is 536 g/mol. The Morgan fingerprint density at radius 3 is 2.70 bits per heavy atom. The summed E-state index contributed by atoms with van der Waals surface area (Å²) in [5.41, 5.74) is 3.33. The third-order valence-electron chi connectivity index (χ3n) is 6.70. The molecule has 5 aromatic rings. The number of H-pyrrole nitrogens is 1. The van der Waals surface area contributed by atoms with Crippen molar-refractivity contribution < 1.29 is 23.8 Å². The van der Waals surface area contributed by atoms with Gasteiger partial charge in [-0.05, 0) is 49.4 Å². The Hall–Kier alpha value is -4.30. The first-order valence-corrected chi connectivity index (χ1v) is 12.4. The van der Waals surface area contributed by atoms with Crippen LogP contribution in [0.2, 0.25) is 0 Å². The van der Waals surface area contributed by atoms with Crippen LogP contribution in [0.5, 0.6) is 5.75 Å². The van der Waals surface area contributed by atoms with Crippen molar-refractivity contribution in [2.75, 3.05) is 12.0 Å².